The van der Waals surface area contributed by atoms with Gasteiger partial charge in [-0.2, -0.15) is 0 Å². The second-order valence-electron chi connectivity index (χ2n) is 6.25. The maximum absolute atomic E-state index is 12.5. The SMILES string of the molecule is CC(C)C(NC(=O)c1ccco1)C(=O)Nc1ccc(CCC(=O)O)cc1. The summed E-state index contributed by atoms with van der Waals surface area (Å²) in [5, 5.41) is 14.1. The van der Waals surface area contributed by atoms with Gasteiger partial charge >= 0.3 is 5.97 Å². The minimum Gasteiger partial charge on any atom is -0.481 e. The molecule has 0 bridgehead atoms. The number of anilines is 1. The topological polar surface area (TPSA) is 109 Å². The molecule has 3 N–H and O–H groups in total. The zero-order valence-corrected chi connectivity index (χ0v) is 14.7. The molecule has 7 nitrogen and oxygen atoms in total. The number of nitrogens with one attached hydrogen (secondary N) is 2. The molecular formula is C19H22N2O5. The van der Waals surface area contributed by atoms with E-state index in [2.05, 4.69) is 10.6 Å². The lowest BCUT2D eigenvalue weighted by atomic mass is 10.0. The summed E-state index contributed by atoms with van der Waals surface area (Å²) in [6, 6.07) is 9.36. The highest BCUT2D eigenvalue weighted by Crippen LogP contribution is 2.13. The molecule has 2 rings (SSSR count). The minimum absolute atomic E-state index is 0.0555. The molecule has 7 heteroatoms. The molecule has 138 valence electrons. The molecular weight excluding hydrogens is 336 g/mol. The number of rotatable bonds is 8. The van der Waals surface area contributed by atoms with E-state index in [9.17, 15) is 14.4 Å². The summed E-state index contributed by atoms with van der Waals surface area (Å²) < 4.78 is 5.04. The summed E-state index contributed by atoms with van der Waals surface area (Å²) >= 11 is 0. The van der Waals surface area contributed by atoms with Gasteiger partial charge in [0.25, 0.3) is 5.91 Å². The number of aryl methyl sites for hydroxylation is 1. The number of amides is 2. The summed E-state index contributed by atoms with van der Waals surface area (Å²) in [7, 11) is 0. The molecule has 26 heavy (non-hydrogen) atoms. The van der Waals surface area contributed by atoms with Crippen molar-refractivity contribution in [2.24, 2.45) is 5.92 Å². The zero-order chi connectivity index (χ0) is 19.1. The fourth-order valence-electron chi connectivity index (χ4n) is 2.38. The van der Waals surface area contributed by atoms with E-state index in [1.54, 1.807) is 30.3 Å². The number of aliphatic carboxylic acids is 1. The molecule has 0 aliphatic heterocycles. The summed E-state index contributed by atoms with van der Waals surface area (Å²) in [6.07, 6.45) is 1.88. The summed E-state index contributed by atoms with van der Waals surface area (Å²) in [4.78, 5) is 35.2. The number of carboxylic acids is 1. The van der Waals surface area contributed by atoms with Crippen LogP contribution in [0.5, 0.6) is 0 Å². The Kier molecular flexibility index (Phi) is 6.54. The third kappa shape index (κ3) is 5.47. The molecule has 0 aliphatic rings. The van der Waals surface area contributed by atoms with Gasteiger partial charge in [-0.1, -0.05) is 26.0 Å². The van der Waals surface area contributed by atoms with Gasteiger partial charge in [-0.3, -0.25) is 14.4 Å². The van der Waals surface area contributed by atoms with Gasteiger partial charge in [0, 0.05) is 12.1 Å². The van der Waals surface area contributed by atoms with Gasteiger partial charge in [0.15, 0.2) is 5.76 Å². The van der Waals surface area contributed by atoms with E-state index >= 15 is 0 Å². The zero-order valence-electron chi connectivity index (χ0n) is 14.7. The predicted molar refractivity (Wildman–Crippen MR) is 95.8 cm³/mol. The lowest BCUT2D eigenvalue weighted by Gasteiger charge is -2.21. The number of hydrogen-bond donors (Lipinski definition) is 3. The Balaban J connectivity index is 1.98. The van der Waals surface area contributed by atoms with Crippen molar-refractivity contribution in [3.05, 3.63) is 54.0 Å². The van der Waals surface area contributed by atoms with Crippen molar-refractivity contribution in [1.82, 2.24) is 5.32 Å². The van der Waals surface area contributed by atoms with Crippen LogP contribution in [0.25, 0.3) is 0 Å². The van der Waals surface area contributed by atoms with Gasteiger partial charge < -0.3 is 20.2 Å². The number of carbonyl (C=O) groups is 3. The fourth-order valence-corrected chi connectivity index (χ4v) is 2.38. The van der Waals surface area contributed by atoms with Gasteiger partial charge in [-0.15, -0.1) is 0 Å². The first-order valence-corrected chi connectivity index (χ1v) is 8.33. The van der Waals surface area contributed by atoms with Gasteiger partial charge in [-0.25, -0.2) is 0 Å². The van der Waals surface area contributed by atoms with Crippen LogP contribution in [0, 0.1) is 5.92 Å². The molecule has 0 saturated heterocycles. The Morgan fingerprint density at radius 2 is 1.81 bits per heavy atom. The average molecular weight is 358 g/mol. The summed E-state index contributed by atoms with van der Waals surface area (Å²) in [5.41, 5.74) is 1.45. The Bertz CT molecular complexity index is 751. The number of carbonyl (C=O) groups excluding carboxylic acids is 2. The van der Waals surface area contributed by atoms with Crippen LogP contribution in [0.15, 0.2) is 47.1 Å². The first-order chi connectivity index (χ1) is 12.4. The van der Waals surface area contributed by atoms with Crippen LogP contribution in [0.1, 0.15) is 36.4 Å². The lowest BCUT2D eigenvalue weighted by molar-refractivity contribution is -0.137. The van der Waals surface area contributed by atoms with Crippen molar-refractivity contribution < 1.29 is 23.9 Å². The normalized spacial score (nSPS) is 11.8. The van der Waals surface area contributed by atoms with Crippen LogP contribution >= 0.6 is 0 Å². The molecule has 0 fully saturated rings. The number of furan rings is 1. The maximum Gasteiger partial charge on any atom is 0.303 e. The minimum atomic E-state index is -0.852. The first-order valence-electron chi connectivity index (χ1n) is 8.33. The summed E-state index contributed by atoms with van der Waals surface area (Å²) in [5.74, 6) is -1.62. The van der Waals surface area contributed by atoms with Crippen LogP contribution in [-0.2, 0) is 16.0 Å². The van der Waals surface area contributed by atoms with E-state index in [4.69, 9.17) is 9.52 Å². The van der Waals surface area contributed by atoms with Gasteiger partial charge in [0.1, 0.15) is 6.04 Å². The molecule has 1 atom stereocenters. The van der Waals surface area contributed by atoms with Crippen molar-refractivity contribution >= 4 is 23.5 Å². The molecule has 1 aromatic carbocycles. The first kappa shape index (κ1) is 19.2. The van der Waals surface area contributed by atoms with Crippen LogP contribution < -0.4 is 10.6 Å². The summed E-state index contributed by atoms with van der Waals surface area (Å²) in [6.45, 7) is 3.67. The van der Waals surface area contributed by atoms with E-state index in [-0.39, 0.29) is 24.0 Å². The molecule has 0 aliphatic carbocycles. The van der Waals surface area contributed by atoms with Crippen molar-refractivity contribution in [3.8, 4) is 0 Å². The Morgan fingerprint density at radius 3 is 2.35 bits per heavy atom. The average Bonchev–Trinajstić information content (AvgIpc) is 3.13. The molecule has 1 heterocycles. The quantitative estimate of drug-likeness (QED) is 0.672. The molecule has 1 aromatic heterocycles. The highest BCUT2D eigenvalue weighted by molar-refractivity contribution is 6.00. The van der Waals surface area contributed by atoms with Crippen LogP contribution in [0.2, 0.25) is 0 Å². The standard InChI is InChI=1S/C19H22N2O5/c1-12(2)17(21-18(24)15-4-3-11-26-15)19(25)20-14-8-5-13(6-9-14)7-10-16(22)23/h3-6,8-9,11-12,17H,7,10H2,1-2H3,(H,20,25)(H,21,24)(H,22,23). The van der Waals surface area contributed by atoms with Gasteiger partial charge in [0.2, 0.25) is 5.91 Å². The molecule has 1 unspecified atom stereocenters. The predicted octanol–water partition coefficient (Wildman–Crippen LogP) is 2.69. The third-order valence-corrected chi connectivity index (χ3v) is 3.83. The van der Waals surface area contributed by atoms with E-state index in [1.165, 1.54) is 12.3 Å². The van der Waals surface area contributed by atoms with Gasteiger partial charge in [-0.05, 0) is 42.2 Å². The number of benzene rings is 1. The second-order valence-corrected chi connectivity index (χ2v) is 6.25. The number of hydrogen-bond acceptors (Lipinski definition) is 4. The maximum atomic E-state index is 12.5. The Labute approximate surface area is 151 Å². The van der Waals surface area contributed by atoms with Crippen LogP contribution in [-0.4, -0.2) is 28.9 Å². The third-order valence-electron chi connectivity index (χ3n) is 3.83. The highest BCUT2D eigenvalue weighted by atomic mass is 16.4. The van der Waals surface area contributed by atoms with E-state index in [0.29, 0.717) is 12.1 Å². The lowest BCUT2D eigenvalue weighted by Crippen LogP contribution is -2.47. The largest absolute Gasteiger partial charge is 0.481 e. The van der Waals surface area contributed by atoms with Gasteiger partial charge in [0.05, 0.1) is 6.26 Å². The smallest absolute Gasteiger partial charge is 0.303 e. The van der Waals surface area contributed by atoms with E-state index in [0.717, 1.165) is 5.56 Å². The van der Waals surface area contributed by atoms with Crippen molar-refractivity contribution in [3.63, 3.8) is 0 Å². The molecule has 0 saturated carbocycles. The molecule has 2 amide bonds. The van der Waals surface area contributed by atoms with Crippen LogP contribution in [0.4, 0.5) is 5.69 Å². The van der Waals surface area contributed by atoms with E-state index in [1.807, 2.05) is 13.8 Å². The second kappa shape index (κ2) is 8.84. The van der Waals surface area contributed by atoms with Crippen molar-refractivity contribution in [2.45, 2.75) is 32.7 Å². The monoisotopic (exact) mass is 358 g/mol. The fraction of sp³-hybridized carbons (Fsp3) is 0.316. The Hall–Kier alpha value is -3.09. The highest BCUT2D eigenvalue weighted by Gasteiger charge is 2.25. The molecule has 0 spiro atoms. The van der Waals surface area contributed by atoms with Crippen LogP contribution in [0.3, 0.4) is 0 Å². The van der Waals surface area contributed by atoms with E-state index < -0.39 is 17.9 Å². The molecule has 0 radical (unpaired) electrons. The Morgan fingerprint density at radius 1 is 1.12 bits per heavy atom. The number of carboxylic acid groups (broad SMARTS) is 1. The van der Waals surface area contributed by atoms with Crippen molar-refractivity contribution in [2.75, 3.05) is 5.32 Å². The van der Waals surface area contributed by atoms with Crippen molar-refractivity contribution in [1.29, 1.82) is 0 Å². The molecule has 2 aromatic rings.